The van der Waals surface area contributed by atoms with Crippen molar-refractivity contribution in [3.63, 3.8) is 0 Å². The van der Waals surface area contributed by atoms with E-state index in [2.05, 4.69) is 92.7 Å². The average Bonchev–Trinajstić information content (AvgIpc) is 3.29. The number of unbranched alkanes of at least 4 members (excludes halogenated alkanes) is 1. The molecule has 0 heterocycles. The minimum atomic E-state index is -4.91. The first-order valence-electron chi connectivity index (χ1n) is 12.1. The number of fused-ring (bicyclic) bond motifs is 2. The van der Waals surface area contributed by atoms with E-state index in [0.29, 0.717) is 7.35 Å². The Morgan fingerprint density at radius 3 is 2.38 bits per heavy atom. The number of halogens is 3. The van der Waals surface area contributed by atoms with Crippen LogP contribution in [-0.4, -0.2) is 13.9 Å². The molecule has 2 unspecified atom stereocenters. The first-order chi connectivity index (χ1) is 13.4. The molecule has 4 rings (SSSR count). The number of hydrogen-bond donors (Lipinski definition) is 0. The van der Waals surface area contributed by atoms with Crippen LogP contribution in [0.4, 0.5) is 0 Å². The second-order valence-electron chi connectivity index (χ2n) is 16.6. The fourth-order valence-corrected chi connectivity index (χ4v) is 49.1. The van der Waals surface area contributed by atoms with Crippen molar-refractivity contribution in [1.29, 1.82) is 0 Å². The Morgan fingerprint density at radius 1 is 1.09 bits per heavy atom. The molecule has 3 aliphatic rings. The molecule has 0 saturated carbocycles. The summed E-state index contributed by atoms with van der Waals surface area (Å²) in [4.78, 5) is 0. The zero-order valence-corrected chi connectivity index (χ0v) is 30.4. The van der Waals surface area contributed by atoms with Crippen molar-refractivity contribution in [2.75, 3.05) is 0 Å². The van der Waals surface area contributed by atoms with Gasteiger partial charge < -0.3 is 24.8 Å². The van der Waals surface area contributed by atoms with Crippen LogP contribution in [0.3, 0.4) is 0 Å². The van der Waals surface area contributed by atoms with E-state index in [0.717, 1.165) is 0 Å². The molecule has 1 aromatic carbocycles. The predicted octanol–water partition coefficient (Wildman–Crippen LogP) is 1.46. The Balaban J connectivity index is 0.00000181. The quantitative estimate of drug-likeness (QED) is 0.402. The summed E-state index contributed by atoms with van der Waals surface area (Å²) in [7, 11) is 0. The summed E-state index contributed by atoms with van der Waals surface area (Å²) < 4.78 is 13.5. The second kappa shape index (κ2) is 6.76. The summed E-state index contributed by atoms with van der Waals surface area (Å²) in [6.45, 7) is 9.60. The molecule has 0 radical (unpaired) electrons. The van der Waals surface area contributed by atoms with Crippen molar-refractivity contribution < 1.29 is 36.2 Å². The molecule has 0 aromatic heterocycles. The van der Waals surface area contributed by atoms with Gasteiger partial charge in [-0.3, -0.25) is 0 Å². The predicted molar refractivity (Wildman–Crippen MR) is 144 cm³/mol. The van der Waals surface area contributed by atoms with Gasteiger partial charge in [0, 0.05) is 0 Å². The number of benzene rings is 1. The number of aryl methyl sites for hydroxylation is 1. The average molecular weight is 739 g/mol. The Hall–Kier alpha value is 0.804. The maximum Gasteiger partial charge on any atom is -1.00 e. The third-order valence-electron chi connectivity index (χ3n) is 9.00. The minimum Gasteiger partial charge on any atom is -1.00 e. The molecule has 0 nitrogen and oxygen atoms in total. The van der Waals surface area contributed by atoms with Gasteiger partial charge in [0.1, 0.15) is 0 Å². The standard InChI is InChI=1S/C13H12Br.C9H13.4CH3.2ClH.Hf.2H2Si/c1-8-5-10-7-9-3-2-4-11(9)13(14)12(10)6-8;1-2-3-6-9-7-4-5-8-9;;;;;;;;;/h5-7H,2-4H2,1H3;4-5,7-8H,2-3,6H2,1H3;4*1H3;2*1H;;2*1H2/q;;;;;;;;-6;;/p-2. The van der Waals surface area contributed by atoms with Gasteiger partial charge in [-0.05, 0) is 0 Å². The molecule has 3 aliphatic carbocycles. The molecular formula is C26H41BrCl2HfSi2-8. The van der Waals surface area contributed by atoms with Crippen LogP contribution in [0.5, 0.6) is 0 Å². The third kappa shape index (κ3) is 4.30. The van der Waals surface area contributed by atoms with Gasteiger partial charge in [-0.1, -0.05) is 0 Å². The normalized spacial score (nSPS) is 26.2. The molecule has 0 saturated heterocycles. The van der Waals surface area contributed by atoms with Crippen LogP contribution in [0.25, 0.3) is 6.08 Å². The van der Waals surface area contributed by atoms with E-state index < -0.39 is 11.3 Å². The van der Waals surface area contributed by atoms with Gasteiger partial charge in [0.2, 0.25) is 0 Å². The first-order valence-corrected chi connectivity index (χ1v) is 48.0. The van der Waals surface area contributed by atoms with Gasteiger partial charge in [0.05, 0.1) is 0 Å². The third-order valence-corrected chi connectivity index (χ3v) is 55.1. The van der Waals surface area contributed by atoms with Crippen LogP contribution in [-0.2, 0) is 24.2 Å². The number of allylic oxidation sites excluding steroid dienone is 5. The van der Waals surface area contributed by atoms with Crippen LogP contribution in [0, 0.1) is 0 Å². The van der Waals surface area contributed by atoms with Crippen LogP contribution in [0.15, 0.2) is 39.9 Å². The van der Waals surface area contributed by atoms with Crippen molar-refractivity contribution >= 4 is 35.9 Å². The van der Waals surface area contributed by atoms with Crippen molar-refractivity contribution in [1.82, 2.24) is 0 Å². The topological polar surface area (TPSA) is 0 Å². The summed E-state index contributed by atoms with van der Waals surface area (Å²) in [6, 6.07) is 2.62. The summed E-state index contributed by atoms with van der Waals surface area (Å²) in [5, 5.41) is 0. The van der Waals surface area contributed by atoms with E-state index in [1.807, 2.05) is 0 Å². The number of hydrogen-bond acceptors (Lipinski definition) is 0. The molecule has 32 heavy (non-hydrogen) atoms. The fourth-order valence-electron chi connectivity index (χ4n) is 7.35. The minimum absolute atomic E-state index is 0. The smallest absolute Gasteiger partial charge is 1.00 e. The molecule has 0 fully saturated rings. The summed E-state index contributed by atoms with van der Waals surface area (Å²) in [6.07, 6.45) is 17.8. The monoisotopic (exact) mass is 738 g/mol. The summed E-state index contributed by atoms with van der Waals surface area (Å²) >= 11 is -0.860. The van der Waals surface area contributed by atoms with Crippen LogP contribution >= 0.6 is 15.9 Å². The van der Waals surface area contributed by atoms with E-state index in [1.165, 1.54) is 48.6 Å². The van der Waals surface area contributed by atoms with Gasteiger partial charge in [-0.15, -0.1) is 0 Å². The largest absolute Gasteiger partial charge is 1.00 e. The molecule has 186 valence electrons. The Bertz CT molecular complexity index is 1350. The first kappa shape index (κ1) is 29.0. The Morgan fingerprint density at radius 2 is 1.75 bits per heavy atom. The van der Waals surface area contributed by atoms with E-state index in [9.17, 15) is 0 Å². The summed E-state index contributed by atoms with van der Waals surface area (Å²) in [5.41, 5.74) is 9.39. The van der Waals surface area contributed by atoms with Crippen LogP contribution < -0.4 is 24.8 Å². The zero-order chi connectivity index (χ0) is 22.3. The Kier molecular flexibility index (Phi) is 6.14. The maximum atomic E-state index is 4.05. The van der Waals surface area contributed by atoms with Crippen molar-refractivity contribution in [3.8, 4) is 0 Å². The molecule has 0 amide bonds. The van der Waals surface area contributed by atoms with E-state index in [-0.39, 0.29) is 24.8 Å². The molecule has 0 N–H and O–H groups in total. The maximum absolute atomic E-state index is 4.91. The Labute approximate surface area is 210 Å². The van der Waals surface area contributed by atoms with Gasteiger partial charge in [0.15, 0.2) is 0 Å². The second-order valence-corrected chi connectivity index (χ2v) is 165. The van der Waals surface area contributed by atoms with E-state index >= 15 is 0 Å². The van der Waals surface area contributed by atoms with Crippen LogP contribution in [0.1, 0.15) is 65.5 Å². The van der Waals surface area contributed by atoms with E-state index in [4.69, 9.17) is 0 Å². The van der Waals surface area contributed by atoms with Crippen molar-refractivity contribution in [2.45, 2.75) is 78.4 Å². The van der Waals surface area contributed by atoms with Crippen LogP contribution in [0.2, 0.25) is 22.4 Å². The van der Waals surface area contributed by atoms with E-state index in [1.54, 1.807) is 27.8 Å². The van der Waals surface area contributed by atoms with Gasteiger partial charge in [-0.25, -0.2) is 0 Å². The van der Waals surface area contributed by atoms with Gasteiger partial charge in [0.25, 0.3) is 0 Å². The molecular weight excluding hydrogens is 698 g/mol. The van der Waals surface area contributed by atoms with Crippen molar-refractivity contribution in [2.24, 2.45) is 0 Å². The molecule has 0 aliphatic heterocycles. The van der Waals surface area contributed by atoms with Gasteiger partial charge >= 0.3 is 188 Å². The van der Waals surface area contributed by atoms with Gasteiger partial charge in [-0.2, -0.15) is 0 Å². The van der Waals surface area contributed by atoms with Crippen molar-refractivity contribution in [3.05, 3.63) is 62.2 Å². The SMILES string of the molecule is CCCCC1=C[CH]([Hf-6]([CH3])([CH3])([CH3])([CH3])(=[SiH2])(=[SiH2])[CH]2C(C)=Cc3c2cc2c(c3Br)CCC2)C=C1.[Cl-].[Cl-]. The molecule has 0 bridgehead atoms. The fraction of sp³-hybridized carbons (Fsp3) is 0.538. The zero-order valence-electron chi connectivity index (χ0n) is 20.8. The number of rotatable bonds is 5. The molecule has 2 atom stereocenters. The molecule has 6 heteroatoms. The molecule has 0 spiro atoms. The molecule has 1 aromatic rings. The summed E-state index contributed by atoms with van der Waals surface area (Å²) in [5.74, 6) is 0.